The van der Waals surface area contributed by atoms with Crippen molar-refractivity contribution in [3.63, 3.8) is 0 Å². The average molecular weight is 304 g/mol. The molecule has 116 valence electrons. The molecule has 2 N–H and O–H groups in total. The lowest BCUT2D eigenvalue weighted by molar-refractivity contribution is -0.184. The lowest BCUT2D eigenvalue weighted by Crippen LogP contribution is -2.31. The van der Waals surface area contributed by atoms with Crippen LogP contribution in [0.3, 0.4) is 0 Å². The van der Waals surface area contributed by atoms with Gasteiger partial charge in [-0.15, -0.1) is 0 Å². The molecule has 1 aromatic carbocycles. The van der Waals surface area contributed by atoms with Gasteiger partial charge in [-0.05, 0) is 25.1 Å². The Balaban J connectivity index is 2.59. The fourth-order valence-electron chi connectivity index (χ4n) is 1.42. The molecule has 0 heterocycles. The Bertz CT molecular complexity index is 518. The highest BCUT2D eigenvalue weighted by molar-refractivity contribution is 5.95. The number of anilines is 2. The predicted molar refractivity (Wildman–Crippen MR) is 70.8 cm³/mol. The number of amides is 2. The number of carbonyl (C=O) groups is 2. The largest absolute Gasteiger partial charge is 0.411 e. The van der Waals surface area contributed by atoms with Crippen molar-refractivity contribution in [2.45, 2.75) is 26.1 Å². The van der Waals surface area contributed by atoms with Gasteiger partial charge in [0.05, 0.1) is 0 Å². The molecule has 0 aliphatic carbocycles. The zero-order valence-corrected chi connectivity index (χ0v) is 11.5. The highest BCUT2D eigenvalue weighted by Crippen LogP contribution is 2.17. The standard InChI is InChI=1S/C13H15F3N2O3/c1-8(21-7-13(14,15)16)12(20)18-11-5-3-4-10(6-11)17-9(2)19/h3-6,8H,7H2,1-2H3,(H,17,19)(H,18,20). The van der Waals surface area contributed by atoms with Crippen LogP contribution in [0.25, 0.3) is 0 Å². The SMILES string of the molecule is CC(=O)Nc1cccc(NC(=O)C(C)OCC(F)(F)F)c1. The second kappa shape index (κ2) is 7.07. The minimum absolute atomic E-state index is 0.277. The number of halogens is 3. The van der Waals surface area contributed by atoms with E-state index in [9.17, 15) is 22.8 Å². The van der Waals surface area contributed by atoms with Gasteiger partial charge in [0.2, 0.25) is 5.91 Å². The number of hydrogen-bond acceptors (Lipinski definition) is 3. The fraction of sp³-hybridized carbons (Fsp3) is 0.385. The molecule has 0 fully saturated rings. The van der Waals surface area contributed by atoms with Gasteiger partial charge in [-0.2, -0.15) is 13.2 Å². The number of hydrogen-bond donors (Lipinski definition) is 2. The summed E-state index contributed by atoms with van der Waals surface area (Å²) in [7, 11) is 0. The molecular formula is C13H15F3N2O3. The Kier molecular flexibility index (Phi) is 5.71. The Labute approximate surface area is 119 Å². The van der Waals surface area contributed by atoms with Gasteiger partial charge >= 0.3 is 6.18 Å². The molecule has 1 aromatic rings. The first-order valence-corrected chi connectivity index (χ1v) is 6.04. The number of carbonyl (C=O) groups excluding carboxylic acids is 2. The summed E-state index contributed by atoms with van der Waals surface area (Å²) in [4.78, 5) is 22.6. The third-order valence-electron chi connectivity index (χ3n) is 2.32. The van der Waals surface area contributed by atoms with E-state index >= 15 is 0 Å². The van der Waals surface area contributed by atoms with Crippen LogP contribution in [-0.2, 0) is 14.3 Å². The maximum Gasteiger partial charge on any atom is 0.411 e. The fourth-order valence-corrected chi connectivity index (χ4v) is 1.42. The second-order valence-corrected chi connectivity index (χ2v) is 4.32. The van der Waals surface area contributed by atoms with Crippen molar-refractivity contribution in [2.24, 2.45) is 0 Å². The normalized spacial score (nSPS) is 12.6. The van der Waals surface area contributed by atoms with E-state index in [0.717, 1.165) is 0 Å². The molecular weight excluding hydrogens is 289 g/mol. The molecule has 2 amide bonds. The molecule has 21 heavy (non-hydrogen) atoms. The van der Waals surface area contributed by atoms with Gasteiger partial charge in [0.25, 0.3) is 5.91 Å². The van der Waals surface area contributed by atoms with E-state index < -0.39 is 24.8 Å². The average Bonchev–Trinajstić information content (AvgIpc) is 2.34. The van der Waals surface area contributed by atoms with Crippen LogP contribution in [0.1, 0.15) is 13.8 Å². The Morgan fingerprint density at radius 3 is 2.33 bits per heavy atom. The molecule has 5 nitrogen and oxygen atoms in total. The predicted octanol–water partition coefficient (Wildman–Crippen LogP) is 2.55. The van der Waals surface area contributed by atoms with Crippen molar-refractivity contribution >= 4 is 23.2 Å². The highest BCUT2D eigenvalue weighted by Gasteiger charge is 2.29. The molecule has 0 aliphatic heterocycles. The van der Waals surface area contributed by atoms with Crippen LogP contribution in [0, 0.1) is 0 Å². The molecule has 0 saturated carbocycles. The lowest BCUT2D eigenvalue weighted by Gasteiger charge is -2.15. The van der Waals surface area contributed by atoms with Crippen LogP contribution in [0.4, 0.5) is 24.5 Å². The smallest absolute Gasteiger partial charge is 0.359 e. The molecule has 8 heteroatoms. The van der Waals surface area contributed by atoms with Crippen LogP contribution >= 0.6 is 0 Å². The van der Waals surface area contributed by atoms with E-state index in [1.165, 1.54) is 19.9 Å². The zero-order valence-electron chi connectivity index (χ0n) is 11.5. The number of alkyl halides is 3. The maximum atomic E-state index is 12.0. The van der Waals surface area contributed by atoms with Crippen molar-refractivity contribution in [2.75, 3.05) is 17.2 Å². The molecule has 0 saturated heterocycles. The van der Waals surface area contributed by atoms with Crippen LogP contribution < -0.4 is 10.6 Å². The summed E-state index contributed by atoms with van der Waals surface area (Å²) in [5.41, 5.74) is 0.804. The lowest BCUT2D eigenvalue weighted by atomic mass is 10.2. The number of ether oxygens (including phenoxy) is 1. The van der Waals surface area contributed by atoms with E-state index in [4.69, 9.17) is 0 Å². The second-order valence-electron chi connectivity index (χ2n) is 4.32. The summed E-state index contributed by atoms with van der Waals surface area (Å²) in [5, 5.41) is 4.93. The topological polar surface area (TPSA) is 67.4 Å². The summed E-state index contributed by atoms with van der Waals surface area (Å²) in [5.74, 6) is -0.986. The molecule has 1 unspecified atom stereocenters. The van der Waals surface area contributed by atoms with Crippen LogP contribution in [0.5, 0.6) is 0 Å². The Hall–Kier alpha value is -2.09. The Morgan fingerprint density at radius 2 is 1.81 bits per heavy atom. The number of benzene rings is 1. The summed E-state index contributed by atoms with van der Waals surface area (Å²) in [6.07, 6.45) is -5.74. The third kappa shape index (κ3) is 6.75. The summed E-state index contributed by atoms with van der Waals surface area (Å²) >= 11 is 0. The molecule has 0 bridgehead atoms. The van der Waals surface area contributed by atoms with Gasteiger partial charge in [-0.25, -0.2) is 0 Å². The first kappa shape index (κ1) is 17.0. The summed E-state index contributed by atoms with van der Waals surface area (Å²) in [6.45, 7) is 1.06. The van der Waals surface area contributed by atoms with E-state index in [0.29, 0.717) is 11.4 Å². The molecule has 1 atom stereocenters. The van der Waals surface area contributed by atoms with Crippen molar-refractivity contribution in [3.05, 3.63) is 24.3 Å². The summed E-state index contributed by atoms with van der Waals surface area (Å²) < 4.78 is 40.4. The van der Waals surface area contributed by atoms with E-state index in [-0.39, 0.29) is 5.91 Å². The molecule has 0 aromatic heterocycles. The van der Waals surface area contributed by atoms with E-state index in [1.54, 1.807) is 18.2 Å². The summed E-state index contributed by atoms with van der Waals surface area (Å²) in [6, 6.07) is 6.22. The molecule has 1 rings (SSSR count). The molecule has 0 radical (unpaired) electrons. The Morgan fingerprint density at radius 1 is 1.24 bits per heavy atom. The molecule has 0 spiro atoms. The zero-order chi connectivity index (χ0) is 16.0. The number of nitrogens with one attached hydrogen (secondary N) is 2. The van der Waals surface area contributed by atoms with Gasteiger partial charge in [0.1, 0.15) is 12.7 Å². The minimum atomic E-state index is -4.49. The van der Waals surface area contributed by atoms with Crippen LogP contribution in [0.15, 0.2) is 24.3 Å². The van der Waals surface area contributed by atoms with Crippen LogP contribution in [-0.4, -0.2) is 30.7 Å². The highest BCUT2D eigenvalue weighted by atomic mass is 19.4. The van der Waals surface area contributed by atoms with Crippen molar-refractivity contribution in [1.82, 2.24) is 0 Å². The van der Waals surface area contributed by atoms with Crippen molar-refractivity contribution in [1.29, 1.82) is 0 Å². The quantitative estimate of drug-likeness (QED) is 0.878. The monoisotopic (exact) mass is 304 g/mol. The van der Waals surface area contributed by atoms with Gasteiger partial charge in [0, 0.05) is 18.3 Å². The van der Waals surface area contributed by atoms with Crippen molar-refractivity contribution < 1.29 is 27.5 Å². The third-order valence-corrected chi connectivity index (χ3v) is 2.32. The molecule has 0 aliphatic rings. The first-order chi connectivity index (χ1) is 9.67. The van der Waals surface area contributed by atoms with Gasteiger partial charge in [-0.1, -0.05) is 6.07 Å². The maximum absolute atomic E-state index is 12.0. The number of rotatable bonds is 5. The van der Waals surface area contributed by atoms with Gasteiger partial charge in [0.15, 0.2) is 0 Å². The minimum Gasteiger partial charge on any atom is -0.359 e. The van der Waals surface area contributed by atoms with Crippen molar-refractivity contribution in [3.8, 4) is 0 Å². The van der Waals surface area contributed by atoms with E-state index in [2.05, 4.69) is 15.4 Å². The van der Waals surface area contributed by atoms with Gasteiger partial charge in [-0.3, -0.25) is 9.59 Å². The first-order valence-electron chi connectivity index (χ1n) is 6.04. The van der Waals surface area contributed by atoms with Crippen LogP contribution in [0.2, 0.25) is 0 Å². The van der Waals surface area contributed by atoms with Gasteiger partial charge < -0.3 is 15.4 Å². The van der Waals surface area contributed by atoms with E-state index in [1.807, 2.05) is 0 Å².